The summed E-state index contributed by atoms with van der Waals surface area (Å²) in [5.74, 6) is 0.375. The van der Waals surface area contributed by atoms with Crippen LogP contribution in [-0.4, -0.2) is 5.91 Å². The number of nitrogens with one attached hydrogen (secondary N) is 1. The Kier molecular flexibility index (Phi) is 3.64. The number of carbonyl (C=O) groups excluding carboxylic acids is 1. The first-order valence-electron chi connectivity index (χ1n) is 5.79. The molecule has 4 heteroatoms. The molecular formula is C13H15Cl2NO. The van der Waals surface area contributed by atoms with E-state index in [-0.39, 0.29) is 11.3 Å². The predicted molar refractivity (Wildman–Crippen MR) is 71.8 cm³/mol. The van der Waals surface area contributed by atoms with Crippen LogP contribution in [0.5, 0.6) is 0 Å². The van der Waals surface area contributed by atoms with E-state index in [0.29, 0.717) is 17.4 Å². The molecule has 1 N–H and O–H groups in total. The van der Waals surface area contributed by atoms with Crippen molar-refractivity contribution in [2.24, 2.45) is 5.92 Å². The molecular weight excluding hydrogens is 257 g/mol. The van der Waals surface area contributed by atoms with Gasteiger partial charge in [-0.05, 0) is 23.1 Å². The minimum atomic E-state index is -0.103. The summed E-state index contributed by atoms with van der Waals surface area (Å²) in [5, 5.41) is 3.31. The Morgan fingerprint density at radius 3 is 2.82 bits per heavy atom. The Bertz CT molecular complexity index is 459. The monoisotopic (exact) mass is 271 g/mol. The number of halogens is 2. The van der Waals surface area contributed by atoms with Gasteiger partial charge in [0.15, 0.2) is 0 Å². The van der Waals surface area contributed by atoms with Crippen LogP contribution in [0.3, 0.4) is 0 Å². The summed E-state index contributed by atoms with van der Waals surface area (Å²) < 4.78 is 0. The second-order valence-electron chi connectivity index (χ2n) is 4.54. The quantitative estimate of drug-likeness (QED) is 0.822. The number of carbonyl (C=O) groups is 1. The Morgan fingerprint density at radius 1 is 1.47 bits per heavy atom. The van der Waals surface area contributed by atoms with Crippen LogP contribution in [0, 0.1) is 5.92 Å². The number of amides is 1. The van der Waals surface area contributed by atoms with E-state index >= 15 is 0 Å². The van der Waals surface area contributed by atoms with Gasteiger partial charge >= 0.3 is 0 Å². The molecule has 0 aliphatic carbocycles. The Morgan fingerprint density at radius 2 is 2.18 bits per heavy atom. The van der Waals surface area contributed by atoms with Crippen LogP contribution in [0.25, 0.3) is 0 Å². The molecule has 0 fully saturated rings. The average molecular weight is 272 g/mol. The van der Waals surface area contributed by atoms with E-state index < -0.39 is 0 Å². The topological polar surface area (TPSA) is 29.1 Å². The number of benzene rings is 1. The molecule has 1 amide bonds. The number of anilines is 1. The molecule has 0 radical (unpaired) electrons. The highest BCUT2D eigenvalue weighted by Crippen LogP contribution is 2.39. The fourth-order valence-electron chi connectivity index (χ4n) is 1.99. The third-order valence-corrected chi connectivity index (χ3v) is 4.28. The van der Waals surface area contributed by atoms with Gasteiger partial charge in [0.25, 0.3) is 0 Å². The molecule has 92 valence electrons. The summed E-state index contributed by atoms with van der Waals surface area (Å²) >= 11 is 12.6. The van der Waals surface area contributed by atoms with Gasteiger partial charge in [0, 0.05) is 10.7 Å². The first-order chi connectivity index (χ1) is 8.02. The summed E-state index contributed by atoms with van der Waals surface area (Å²) in [5.41, 5.74) is 2.73. The van der Waals surface area contributed by atoms with Gasteiger partial charge in [0.05, 0.1) is 11.8 Å². The second kappa shape index (κ2) is 4.87. The number of hydrogen-bond acceptors (Lipinski definition) is 1. The molecule has 2 atom stereocenters. The summed E-state index contributed by atoms with van der Waals surface area (Å²) in [7, 11) is 0. The van der Waals surface area contributed by atoms with E-state index in [2.05, 4.69) is 19.2 Å². The van der Waals surface area contributed by atoms with Crippen molar-refractivity contribution in [1.82, 2.24) is 0 Å². The zero-order valence-electron chi connectivity index (χ0n) is 9.89. The van der Waals surface area contributed by atoms with E-state index in [0.717, 1.165) is 23.2 Å². The summed E-state index contributed by atoms with van der Waals surface area (Å²) in [6, 6.07) is 3.76. The lowest BCUT2D eigenvalue weighted by Gasteiger charge is -2.18. The molecule has 2 nitrogen and oxygen atoms in total. The van der Waals surface area contributed by atoms with Gasteiger partial charge in [0.2, 0.25) is 5.91 Å². The van der Waals surface area contributed by atoms with Crippen LogP contribution < -0.4 is 5.32 Å². The summed E-state index contributed by atoms with van der Waals surface area (Å²) in [6.07, 6.45) is 1.42. The molecule has 0 saturated heterocycles. The number of fused-ring (bicyclic) bond motifs is 1. The first kappa shape index (κ1) is 12.7. The van der Waals surface area contributed by atoms with E-state index in [4.69, 9.17) is 23.2 Å². The fraction of sp³-hybridized carbons (Fsp3) is 0.462. The highest BCUT2D eigenvalue weighted by atomic mass is 35.5. The van der Waals surface area contributed by atoms with Gasteiger partial charge in [0.1, 0.15) is 0 Å². The van der Waals surface area contributed by atoms with Crippen LogP contribution in [0.4, 0.5) is 5.69 Å². The van der Waals surface area contributed by atoms with Crippen molar-refractivity contribution in [2.75, 3.05) is 5.32 Å². The van der Waals surface area contributed by atoms with Crippen LogP contribution in [0.2, 0.25) is 5.02 Å². The minimum absolute atomic E-state index is 0.0166. The third kappa shape index (κ3) is 2.43. The second-order valence-corrected chi connectivity index (χ2v) is 5.42. The molecule has 2 unspecified atom stereocenters. The lowest BCUT2D eigenvalue weighted by molar-refractivity contribution is -0.115. The maximum atomic E-state index is 11.3. The van der Waals surface area contributed by atoms with Crippen LogP contribution in [-0.2, 0) is 11.2 Å². The standard InChI is InChI=1S/C13H15Cl2NO/c1-3-7(2)13(15)9-4-8-5-12(17)16-11(8)6-10(9)14/h4,6-7,13H,3,5H2,1-2H3,(H,16,17). The molecule has 1 aliphatic rings. The zero-order valence-corrected chi connectivity index (χ0v) is 11.4. The van der Waals surface area contributed by atoms with Gasteiger partial charge < -0.3 is 5.32 Å². The van der Waals surface area contributed by atoms with Gasteiger partial charge in [-0.15, -0.1) is 11.6 Å². The van der Waals surface area contributed by atoms with Gasteiger partial charge in [-0.1, -0.05) is 37.9 Å². The Hall–Kier alpha value is -0.730. The fourth-order valence-corrected chi connectivity index (χ4v) is 2.69. The lowest BCUT2D eigenvalue weighted by atomic mass is 9.96. The van der Waals surface area contributed by atoms with Crippen molar-refractivity contribution in [1.29, 1.82) is 0 Å². The molecule has 1 aliphatic heterocycles. The maximum absolute atomic E-state index is 11.3. The largest absolute Gasteiger partial charge is 0.325 e. The van der Waals surface area contributed by atoms with E-state index in [1.54, 1.807) is 6.07 Å². The number of rotatable bonds is 3. The van der Waals surface area contributed by atoms with E-state index in [1.807, 2.05) is 6.07 Å². The minimum Gasteiger partial charge on any atom is -0.325 e. The lowest BCUT2D eigenvalue weighted by Crippen LogP contribution is -2.04. The zero-order chi connectivity index (χ0) is 12.6. The molecule has 1 aromatic rings. The normalized spacial score (nSPS) is 17.5. The molecule has 1 heterocycles. The Balaban J connectivity index is 2.37. The summed E-state index contributed by atoms with van der Waals surface area (Å²) in [6.45, 7) is 4.21. The first-order valence-corrected chi connectivity index (χ1v) is 6.60. The molecule has 17 heavy (non-hydrogen) atoms. The van der Waals surface area contributed by atoms with Gasteiger partial charge in [-0.25, -0.2) is 0 Å². The van der Waals surface area contributed by atoms with Crippen LogP contribution >= 0.6 is 23.2 Å². The van der Waals surface area contributed by atoms with Crippen LogP contribution in [0.1, 0.15) is 36.8 Å². The highest BCUT2D eigenvalue weighted by Gasteiger charge is 2.24. The summed E-state index contributed by atoms with van der Waals surface area (Å²) in [4.78, 5) is 11.3. The molecule has 0 saturated carbocycles. The van der Waals surface area contributed by atoms with Crippen molar-refractivity contribution in [2.45, 2.75) is 32.1 Å². The van der Waals surface area contributed by atoms with E-state index in [1.165, 1.54) is 0 Å². The maximum Gasteiger partial charge on any atom is 0.228 e. The molecule has 0 bridgehead atoms. The highest BCUT2D eigenvalue weighted by molar-refractivity contribution is 6.33. The van der Waals surface area contributed by atoms with Crippen LogP contribution in [0.15, 0.2) is 12.1 Å². The predicted octanol–water partition coefficient (Wildman–Crippen LogP) is 4.16. The van der Waals surface area contributed by atoms with Crippen molar-refractivity contribution in [3.05, 3.63) is 28.3 Å². The van der Waals surface area contributed by atoms with Crippen molar-refractivity contribution in [3.8, 4) is 0 Å². The number of hydrogen-bond donors (Lipinski definition) is 1. The third-order valence-electron chi connectivity index (χ3n) is 3.29. The molecule has 0 spiro atoms. The molecule has 1 aromatic carbocycles. The average Bonchev–Trinajstić information content (AvgIpc) is 2.65. The smallest absolute Gasteiger partial charge is 0.228 e. The van der Waals surface area contributed by atoms with E-state index in [9.17, 15) is 4.79 Å². The van der Waals surface area contributed by atoms with Crippen molar-refractivity contribution >= 4 is 34.8 Å². The SMILES string of the molecule is CCC(C)C(Cl)c1cc2c(cc1Cl)NC(=O)C2. The van der Waals surface area contributed by atoms with Gasteiger partial charge in [-0.3, -0.25) is 4.79 Å². The Labute approximate surface area is 111 Å². The van der Waals surface area contributed by atoms with Crippen molar-refractivity contribution < 1.29 is 4.79 Å². The van der Waals surface area contributed by atoms with Gasteiger partial charge in [-0.2, -0.15) is 0 Å². The molecule has 0 aromatic heterocycles. The van der Waals surface area contributed by atoms with Crippen molar-refractivity contribution in [3.63, 3.8) is 0 Å². The molecule has 2 rings (SSSR count). The number of alkyl halides is 1.